The van der Waals surface area contributed by atoms with E-state index in [0.29, 0.717) is 30.2 Å². The maximum absolute atomic E-state index is 13.4. The highest BCUT2D eigenvalue weighted by Gasteiger charge is 2.17. The fourth-order valence-electron chi connectivity index (χ4n) is 3.02. The number of amides is 1. The third-order valence-corrected chi connectivity index (χ3v) is 4.57. The second-order valence-electron chi connectivity index (χ2n) is 6.57. The van der Waals surface area contributed by atoms with Crippen molar-refractivity contribution in [1.29, 1.82) is 0 Å². The molecular weight excluding hydrogens is 349 g/mol. The molecule has 0 saturated carbocycles. The Hall–Kier alpha value is -2.60. The van der Waals surface area contributed by atoms with Crippen LogP contribution in [0.2, 0.25) is 0 Å². The number of carbonyl (C=O) groups excluding carboxylic acids is 1. The largest absolute Gasteiger partial charge is 0.493 e. The van der Waals surface area contributed by atoms with Gasteiger partial charge in [-0.2, -0.15) is 0 Å². The average Bonchev–Trinajstić information content (AvgIpc) is 3.20. The summed E-state index contributed by atoms with van der Waals surface area (Å²) in [5.41, 5.74) is 1.92. The first-order chi connectivity index (χ1) is 13.1. The zero-order chi connectivity index (χ0) is 19.2. The van der Waals surface area contributed by atoms with Crippen molar-refractivity contribution in [2.24, 2.45) is 0 Å². The Morgan fingerprint density at radius 3 is 2.85 bits per heavy atom. The molecule has 1 amide bonds. The number of halogens is 1. The van der Waals surface area contributed by atoms with Gasteiger partial charge in [0.1, 0.15) is 12.4 Å². The Balaban J connectivity index is 1.61. The normalized spacial score (nSPS) is 16.2. The lowest BCUT2D eigenvalue weighted by Gasteiger charge is -2.15. The molecule has 1 saturated heterocycles. The summed E-state index contributed by atoms with van der Waals surface area (Å²) in [5, 5.41) is 2.81. The minimum absolute atomic E-state index is 0.128. The van der Waals surface area contributed by atoms with Crippen molar-refractivity contribution in [3.05, 3.63) is 58.9 Å². The van der Waals surface area contributed by atoms with Crippen LogP contribution in [0.3, 0.4) is 0 Å². The molecule has 0 aliphatic carbocycles. The van der Waals surface area contributed by atoms with E-state index in [4.69, 9.17) is 14.2 Å². The molecule has 0 aromatic heterocycles. The van der Waals surface area contributed by atoms with Gasteiger partial charge < -0.3 is 19.5 Å². The van der Waals surface area contributed by atoms with Gasteiger partial charge in [0.25, 0.3) is 5.91 Å². The van der Waals surface area contributed by atoms with Gasteiger partial charge in [0.2, 0.25) is 0 Å². The number of benzene rings is 2. The Morgan fingerprint density at radius 2 is 2.11 bits per heavy atom. The third-order valence-electron chi connectivity index (χ3n) is 4.57. The first-order valence-corrected chi connectivity index (χ1v) is 9.02. The van der Waals surface area contributed by atoms with Gasteiger partial charge in [-0.1, -0.05) is 12.1 Å². The fraction of sp³-hybridized carbons (Fsp3) is 0.381. The molecule has 2 aromatic rings. The molecule has 1 fully saturated rings. The highest BCUT2D eigenvalue weighted by molar-refractivity contribution is 5.95. The Labute approximate surface area is 158 Å². The topological polar surface area (TPSA) is 56.8 Å². The highest BCUT2D eigenvalue weighted by Crippen LogP contribution is 2.29. The molecule has 3 rings (SSSR count). The molecule has 1 heterocycles. The van der Waals surface area contributed by atoms with Crippen molar-refractivity contribution in [3.8, 4) is 11.5 Å². The summed E-state index contributed by atoms with van der Waals surface area (Å²) in [7, 11) is 1.58. The van der Waals surface area contributed by atoms with Crippen molar-refractivity contribution in [2.75, 3.05) is 20.3 Å². The number of aryl methyl sites for hydroxylation is 1. The maximum atomic E-state index is 13.4. The van der Waals surface area contributed by atoms with Crippen LogP contribution in [-0.2, 0) is 11.3 Å². The van der Waals surface area contributed by atoms with Crippen molar-refractivity contribution in [2.45, 2.75) is 32.4 Å². The van der Waals surface area contributed by atoms with Crippen LogP contribution in [0.1, 0.15) is 34.3 Å². The molecule has 2 aromatic carbocycles. The Morgan fingerprint density at radius 1 is 1.26 bits per heavy atom. The van der Waals surface area contributed by atoms with Crippen molar-refractivity contribution in [3.63, 3.8) is 0 Å². The Kier molecular flexibility index (Phi) is 6.29. The molecule has 0 spiro atoms. The van der Waals surface area contributed by atoms with Gasteiger partial charge in [0.15, 0.2) is 11.5 Å². The summed E-state index contributed by atoms with van der Waals surface area (Å²) in [4.78, 5) is 12.3. The number of methoxy groups -OCH3 is 1. The molecule has 0 bridgehead atoms. The van der Waals surface area contributed by atoms with E-state index in [-0.39, 0.29) is 12.0 Å². The molecule has 1 aliphatic rings. The van der Waals surface area contributed by atoms with E-state index in [9.17, 15) is 9.18 Å². The van der Waals surface area contributed by atoms with Crippen molar-refractivity contribution >= 4 is 5.91 Å². The first kappa shape index (κ1) is 19.2. The average molecular weight is 373 g/mol. The fourth-order valence-corrected chi connectivity index (χ4v) is 3.02. The summed E-state index contributed by atoms with van der Waals surface area (Å²) < 4.78 is 30.1. The minimum atomic E-state index is -0.430. The van der Waals surface area contributed by atoms with Gasteiger partial charge in [0, 0.05) is 18.7 Å². The van der Waals surface area contributed by atoms with Crippen molar-refractivity contribution in [1.82, 2.24) is 5.32 Å². The zero-order valence-corrected chi connectivity index (χ0v) is 15.6. The number of hydrogen-bond donors (Lipinski definition) is 1. The monoisotopic (exact) mass is 373 g/mol. The van der Waals surface area contributed by atoms with Crippen LogP contribution < -0.4 is 14.8 Å². The number of nitrogens with one attached hydrogen (secondary N) is 1. The Bertz CT molecular complexity index is 803. The van der Waals surface area contributed by atoms with Crippen LogP contribution in [0.15, 0.2) is 36.4 Å². The van der Waals surface area contributed by atoms with E-state index in [2.05, 4.69) is 5.32 Å². The molecule has 5 nitrogen and oxygen atoms in total. The van der Waals surface area contributed by atoms with Crippen LogP contribution >= 0.6 is 0 Å². The molecule has 27 heavy (non-hydrogen) atoms. The summed E-state index contributed by atoms with van der Waals surface area (Å²) >= 11 is 0. The van der Waals surface area contributed by atoms with Gasteiger partial charge in [0.05, 0.1) is 13.2 Å². The standard InChI is InChI=1S/C21H24FNO4/c1-14-5-7-16(22)11-18(14)21(24)23-12-15-6-8-19(20(10-15)25-2)27-13-17-4-3-9-26-17/h5-8,10-11,17H,3-4,9,12-13H2,1-2H3,(H,23,24). The molecule has 1 atom stereocenters. The summed E-state index contributed by atoms with van der Waals surface area (Å²) in [6.45, 7) is 3.36. The minimum Gasteiger partial charge on any atom is -0.493 e. The van der Waals surface area contributed by atoms with E-state index >= 15 is 0 Å². The van der Waals surface area contributed by atoms with E-state index in [1.807, 2.05) is 18.2 Å². The van der Waals surface area contributed by atoms with E-state index < -0.39 is 5.82 Å². The van der Waals surface area contributed by atoms with E-state index in [1.54, 1.807) is 20.1 Å². The van der Waals surface area contributed by atoms with Crippen LogP contribution in [0, 0.1) is 12.7 Å². The smallest absolute Gasteiger partial charge is 0.251 e. The third kappa shape index (κ3) is 4.98. The molecule has 1 unspecified atom stereocenters. The maximum Gasteiger partial charge on any atom is 0.251 e. The SMILES string of the molecule is COc1cc(CNC(=O)c2cc(F)ccc2C)ccc1OCC1CCCO1. The van der Waals surface area contributed by atoms with E-state index in [0.717, 1.165) is 30.6 Å². The van der Waals surface area contributed by atoms with Crippen molar-refractivity contribution < 1.29 is 23.4 Å². The first-order valence-electron chi connectivity index (χ1n) is 9.02. The van der Waals surface area contributed by atoms with Crippen LogP contribution in [0.4, 0.5) is 4.39 Å². The quantitative estimate of drug-likeness (QED) is 0.805. The van der Waals surface area contributed by atoms with Gasteiger partial charge in [-0.25, -0.2) is 4.39 Å². The number of carbonyl (C=O) groups is 1. The summed E-state index contributed by atoms with van der Waals surface area (Å²) in [6, 6.07) is 9.69. The number of hydrogen-bond acceptors (Lipinski definition) is 4. The molecule has 6 heteroatoms. The van der Waals surface area contributed by atoms with Gasteiger partial charge in [-0.15, -0.1) is 0 Å². The van der Waals surface area contributed by atoms with Gasteiger partial charge in [-0.3, -0.25) is 4.79 Å². The van der Waals surface area contributed by atoms with E-state index in [1.165, 1.54) is 12.1 Å². The molecule has 1 aliphatic heterocycles. The van der Waals surface area contributed by atoms with Crippen LogP contribution in [0.5, 0.6) is 11.5 Å². The lowest BCUT2D eigenvalue weighted by Crippen LogP contribution is -2.23. The molecule has 0 radical (unpaired) electrons. The summed E-state index contributed by atoms with van der Waals surface area (Å²) in [6.07, 6.45) is 2.20. The predicted molar refractivity (Wildman–Crippen MR) is 99.8 cm³/mol. The molecule has 144 valence electrons. The molecular formula is C21H24FNO4. The lowest BCUT2D eigenvalue weighted by atomic mass is 10.1. The van der Waals surface area contributed by atoms with Crippen LogP contribution in [0.25, 0.3) is 0 Å². The summed E-state index contributed by atoms with van der Waals surface area (Å²) in [5.74, 6) is 0.496. The highest BCUT2D eigenvalue weighted by atomic mass is 19.1. The van der Waals surface area contributed by atoms with Gasteiger partial charge >= 0.3 is 0 Å². The number of ether oxygens (including phenoxy) is 3. The predicted octanol–water partition coefficient (Wildman–Crippen LogP) is 3.63. The zero-order valence-electron chi connectivity index (χ0n) is 15.6. The van der Waals surface area contributed by atoms with Crippen LogP contribution in [-0.4, -0.2) is 32.3 Å². The second-order valence-corrected chi connectivity index (χ2v) is 6.57. The van der Waals surface area contributed by atoms with Gasteiger partial charge in [-0.05, 0) is 55.2 Å². The second kappa shape index (κ2) is 8.86. The lowest BCUT2D eigenvalue weighted by molar-refractivity contribution is 0.0669. The molecule has 1 N–H and O–H groups in total. The number of rotatable bonds is 7.